The molecule has 0 amide bonds. The second-order valence-corrected chi connectivity index (χ2v) is 6.95. The number of aromatic amines is 1. The number of aryl methyl sites for hydroxylation is 1. The van der Waals surface area contributed by atoms with Gasteiger partial charge in [0.05, 0.1) is 12.7 Å². The molecule has 0 aliphatic carbocycles. The van der Waals surface area contributed by atoms with E-state index >= 15 is 0 Å². The minimum absolute atomic E-state index is 0.310. The third-order valence-electron chi connectivity index (χ3n) is 4.90. The van der Waals surface area contributed by atoms with Crippen molar-refractivity contribution in [2.75, 3.05) is 40.0 Å². The highest BCUT2D eigenvalue weighted by Crippen LogP contribution is 2.18. The highest BCUT2D eigenvalue weighted by Gasteiger charge is 2.14. The Balaban J connectivity index is 1.24. The number of ether oxygens (including phenoxy) is 2. The van der Waals surface area contributed by atoms with Gasteiger partial charge >= 0.3 is 0 Å². The zero-order chi connectivity index (χ0) is 18.7. The van der Waals surface area contributed by atoms with Crippen molar-refractivity contribution in [2.45, 2.75) is 38.2 Å². The van der Waals surface area contributed by atoms with Crippen LogP contribution in [0.1, 0.15) is 31.2 Å². The Morgan fingerprint density at radius 1 is 1.26 bits per heavy atom. The molecule has 3 N–H and O–H groups in total. The first-order valence-electron chi connectivity index (χ1n) is 10.1. The minimum Gasteiger partial charge on any atom is -0.379 e. The molecular formula is C21H32N4O2. The normalized spacial score (nSPS) is 17.5. The molecule has 0 spiro atoms. The van der Waals surface area contributed by atoms with E-state index in [0.717, 1.165) is 71.0 Å². The molecule has 6 nitrogen and oxygen atoms in total. The van der Waals surface area contributed by atoms with E-state index in [-0.39, 0.29) is 0 Å². The SMILES string of the molecule is CN=C(NCCCOCC1CCCO1)NCCCc1c[nH]c2ccccc12. The first kappa shape index (κ1) is 19.7. The lowest BCUT2D eigenvalue weighted by molar-refractivity contribution is 0.0168. The number of hydrogen-bond donors (Lipinski definition) is 3. The maximum atomic E-state index is 5.68. The molecule has 3 rings (SSSR count). The van der Waals surface area contributed by atoms with Crippen LogP contribution in [0.4, 0.5) is 0 Å². The molecule has 0 saturated carbocycles. The molecule has 6 heteroatoms. The molecule has 1 aliphatic heterocycles. The molecule has 1 saturated heterocycles. The highest BCUT2D eigenvalue weighted by atomic mass is 16.5. The van der Waals surface area contributed by atoms with Gasteiger partial charge in [-0.05, 0) is 43.7 Å². The summed E-state index contributed by atoms with van der Waals surface area (Å²) in [5.74, 6) is 0.855. The topological polar surface area (TPSA) is 70.7 Å². The van der Waals surface area contributed by atoms with E-state index in [1.807, 2.05) is 7.05 Å². The zero-order valence-electron chi connectivity index (χ0n) is 16.3. The molecule has 0 bridgehead atoms. The van der Waals surface area contributed by atoms with Gasteiger partial charge in [0.2, 0.25) is 0 Å². The molecule has 1 aromatic carbocycles. The summed E-state index contributed by atoms with van der Waals surface area (Å²) < 4.78 is 11.2. The molecule has 1 aliphatic rings. The van der Waals surface area contributed by atoms with Crippen LogP contribution in [0.3, 0.4) is 0 Å². The van der Waals surface area contributed by atoms with Gasteiger partial charge in [0.15, 0.2) is 5.96 Å². The van der Waals surface area contributed by atoms with Crippen molar-refractivity contribution in [3.63, 3.8) is 0 Å². The third kappa shape index (κ3) is 6.26. The van der Waals surface area contributed by atoms with Crippen molar-refractivity contribution in [1.82, 2.24) is 15.6 Å². The van der Waals surface area contributed by atoms with Crippen molar-refractivity contribution in [3.05, 3.63) is 36.0 Å². The van der Waals surface area contributed by atoms with Gasteiger partial charge in [-0.1, -0.05) is 18.2 Å². The number of fused-ring (bicyclic) bond motifs is 1. The van der Waals surface area contributed by atoms with Gasteiger partial charge < -0.3 is 25.1 Å². The van der Waals surface area contributed by atoms with Crippen molar-refractivity contribution in [2.24, 2.45) is 4.99 Å². The molecule has 1 aromatic heterocycles. The van der Waals surface area contributed by atoms with E-state index in [1.165, 1.54) is 16.5 Å². The summed E-state index contributed by atoms with van der Waals surface area (Å²) in [6, 6.07) is 8.45. The molecule has 27 heavy (non-hydrogen) atoms. The van der Waals surface area contributed by atoms with E-state index in [4.69, 9.17) is 9.47 Å². The van der Waals surface area contributed by atoms with Gasteiger partial charge in [-0.3, -0.25) is 4.99 Å². The summed E-state index contributed by atoms with van der Waals surface area (Å²) in [5, 5.41) is 8.05. The fourth-order valence-electron chi connectivity index (χ4n) is 3.42. The van der Waals surface area contributed by atoms with E-state index in [1.54, 1.807) is 0 Å². The van der Waals surface area contributed by atoms with Crippen molar-refractivity contribution < 1.29 is 9.47 Å². The summed E-state index contributed by atoms with van der Waals surface area (Å²) in [6.45, 7) is 4.12. The maximum Gasteiger partial charge on any atom is 0.190 e. The van der Waals surface area contributed by atoms with Crippen molar-refractivity contribution in [3.8, 4) is 0 Å². The van der Waals surface area contributed by atoms with Crippen LogP contribution in [0.25, 0.3) is 10.9 Å². The quantitative estimate of drug-likeness (QED) is 0.341. The molecule has 1 atom stereocenters. The predicted molar refractivity (Wildman–Crippen MR) is 110 cm³/mol. The fourth-order valence-corrected chi connectivity index (χ4v) is 3.42. The lowest BCUT2D eigenvalue weighted by atomic mass is 10.1. The minimum atomic E-state index is 0.310. The Morgan fingerprint density at radius 3 is 2.93 bits per heavy atom. The molecule has 2 aromatic rings. The summed E-state index contributed by atoms with van der Waals surface area (Å²) >= 11 is 0. The molecular weight excluding hydrogens is 340 g/mol. The Kier molecular flexibility index (Phi) is 7.99. The van der Waals surface area contributed by atoms with Gasteiger partial charge in [0.25, 0.3) is 0 Å². The Morgan fingerprint density at radius 2 is 2.11 bits per heavy atom. The summed E-state index contributed by atoms with van der Waals surface area (Å²) in [4.78, 5) is 7.62. The summed E-state index contributed by atoms with van der Waals surface area (Å²) in [7, 11) is 1.81. The van der Waals surface area contributed by atoms with Crippen LogP contribution < -0.4 is 10.6 Å². The summed E-state index contributed by atoms with van der Waals surface area (Å²) in [6.07, 6.45) is 7.80. The number of benzene rings is 1. The number of nitrogens with zero attached hydrogens (tertiary/aromatic N) is 1. The Labute approximate surface area is 161 Å². The smallest absolute Gasteiger partial charge is 0.190 e. The van der Waals surface area contributed by atoms with Crippen molar-refractivity contribution in [1.29, 1.82) is 0 Å². The third-order valence-corrected chi connectivity index (χ3v) is 4.90. The summed E-state index contributed by atoms with van der Waals surface area (Å²) in [5.41, 5.74) is 2.58. The van der Waals surface area contributed by atoms with Gasteiger partial charge in [0, 0.05) is 50.5 Å². The average molecular weight is 373 g/mol. The first-order valence-corrected chi connectivity index (χ1v) is 10.1. The van der Waals surface area contributed by atoms with Crippen LogP contribution in [0.15, 0.2) is 35.5 Å². The van der Waals surface area contributed by atoms with Gasteiger partial charge in [-0.25, -0.2) is 0 Å². The number of guanidine groups is 1. The molecule has 0 radical (unpaired) electrons. The zero-order valence-corrected chi connectivity index (χ0v) is 16.3. The lowest BCUT2D eigenvalue weighted by Gasteiger charge is -2.13. The second-order valence-electron chi connectivity index (χ2n) is 6.95. The molecule has 1 fully saturated rings. The second kappa shape index (κ2) is 10.9. The van der Waals surface area contributed by atoms with Crippen LogP contribution in [0, 0.1) is 0 Å². The average Bonchev–Trinajstić information content (AvgIpc) is 3.36. The Bertz CT molecular complexity index is 707. The van der Waals surface area contributed by atoms with E-state index < -0.39 is 0 Å². The van der Waals surface area contributed by atoms with Gasteiger partial charge in [0.1, 0.15) is 0 Å². The maximum absolute atomic E-state index is 5.68. The van der Waals surface area contributed by atoms with E-state index in [0.29, 0.717) is 6.10 Å². The number of aromatic nitrogens is 1. The largest absolute Gasteiger partial charge is 0.379 e. The van der Waals surface area contributed by atoms with Crippen LogP contribution >= 0.6 is 0 Å². The number of aliphatic imine (C=N–C) groups is 1. The van der Waals surface area contributed by atoms with Gasteiger partial charge in [-0.15, -0.1) is 0 Å². The number of nitrogens with one attached hydrogen (secondary N) is 3. The predicted octanol–water partition coefficient (Wildman–Crippen LogP) is 2.85. The number of H-pyrrole nitrogens is 1. The van der Waals surface area contributed by atoms with Crippen LogP contribution in [-0.4, -0.2) is 57.0 Å². The van der Waals surface area contributed by atoms with E-state index in [9.17, 15) is 0 Å². The van der Waals surface area contributed by atoms with Gasteiger partial charge in [-0.2, -0.15) is 0 Å². The number of para-hydroxylation sites is 1. The molecule has 1 unspecified atom stereocenters. The van der Waals surface area contributed by atoms with Crippen LogP contribution in [-0.2, 0) is 15.9 Å². The molecule has 2 heterocycles. The monoisotopic (exact) mass is 372 g/mol. The van der Waals surface area contributed by atoms with E-state index in [2.05, 4.69) is 51.1 Å². The number of hydrogen-bond acceptors (Lipinski definition) is 3. The highest BCUT2D eigenvalue weighted by molar-refractivity contribution is 5.83. The van der Waals surface area contributed by atoms with Crippen LogP contribution in [0.5, 0.6) is 0 Å². The van der Waals surface area contributed by atoms with Crippen LogP contribution in [0.2, 0.25) is 0 Å². The van der Waals surface area contributed by atoms with Crippen molar-refractivity contribution >= 4 is 16.9 Å². The lowest BCUT2D eigenvalue weighted by Crippen LogP contribution is -2.38. The first-order chi connectivity index (χ1) is 13.4. The Hall–Kier alpha value is -2.05. The fraction of sp³-hybridized carbons (Fsp3) is 0.571. The molecule has 148 valence electrons. The number of rotatable bonds is 10. The standard InChI is InChI=1S/C21H32N4O2/c1-22-21(24-12-6-13-26-16-18-8-5-14-27-18)23-11-4-7-17-15-25-20-10-3-2-9-19(17)20/h2-3,9-10,15,18,25H,4-8,11-14,16H2,1H3,(H2,22,23,24).